The molecule has 0 spiro atoms. The van der Waals surface area contributed by atoms with Crippen molar-refractivity contribution in [3.63, 3.8) is 0 Å². The zero-order valence-electron chi connectivity index (χ0n) is 14.1. The zero-order valence-corrected chi connectivity index (χ0v) is 14.1. The van der Waals surface area contributed by atoms with E-state index in [4.69, 9.17) is 23.9 Å². The number of esters is 1. The molecule has 0 aliphatic rings. The molecule has 2 rings (SSSR count). The van der Waals surface area contributed by atoms with Gasteiger partial charge in [-0.25, -0.2) is 4.79 Å². The summed E-state index contributed by atoms with van der Waals surface area (Å²) in [5.74, 6) is -0.240. The molecule has 1 aromatic carbocycles. The molecule has 1 aromatic heterocycles. The smallest absolute Gasteiger partial charge is 0.349 e. The van der Waals surface area contributed by atoms with E-state index >= 15 is 0 Å². The molecular weight excluding hydrogens is 340 g/mol. The summed E-state index contributed by atoms with van der Waals surface area (Å²) < 4.78 is 20.1. The Kier molecular flexibility index (Phi) is 6.40. The van der Waals surface area contributed by atoms with Crippen molar-refractivity contribution in [3.05, 3.63) is 47.9 Å². The second-order valence-electron chi connectivity index (χ2n) is 4.88. The Morgan fingerprint density at radius 3 is 2.69 bits per heavy atom. The Balaban J connectivity index is 1.96. The van der Waals surface area contributed by atoms with E-state index in [2.05, 4.69) is 5.32 Å². The van der Waals surface area contributed by atoms with E-state index in [0.29, 0.717) is 22.9 Å². The second-order valence-corrected chi connectivity index (χ2v) is 4.88. The highest BCUT2D eigenvalue weighted by atomic mass is 16.5. The van der Waals surface area contributed by atoms with Gasteiger partial charge in [-0.1, -0.05) is 0 Å². The molecule has 8 heteroatoms. The van der Waals surface area contributed by atoms with Gasteiger partial charge in [0.1, 0.15) is 28.9 Å². The summed E-state index contributed by atoms with van der Waals surface area (Å²) in [5.41, 5.74) is 0.107. The molecule has 0 aliphatic heterocycles. The molecule has 0 saturated heterocycles. The predicted molar refractivity (Wildman–Crippen MR) is 91.4 cm³/mol. The van der Waals surface area contributed by atoms with Crippen LogP contribution in [-0.2, 0) is 14.3 Å². The minimum atomic E-state index is -0.930. The van der Waals surface area contributed by atoms with Crippen LogP contribution in [-0.4, -0.2) is 32.7 Å². The number of hydrogen-bond acceptors (Lipinski definition) is 7. The highest BCUT2D eigenvalue weighted by molar-refractivity contribution is 6.00. The first-order chi connectivity index (χ1) is 12.6. The lowest BCUT2D eigenvalue weighted by Gasteiger charge is -2.11. The van der Waals surface area contributed by atoms with Crippen molar-refractivity contribution >= 4 is 23.6 Å². The van der Waals surface area contributed by atoms with Gasteiger partial charge in [0, 0.05) is 12.1 Å². The molecular formula is C18H16N2O6. The van der Waals surface area contributed by atoms with Crippen LogP contribution in [0.4, 0.5) is 5.69 Å². The van der Waals surface area contributed by atoms with Gasteiger partial charge >= 0.3 is 5.97 Å². The normalized spacial score (nSPS) is 10.6. The van der Waals surface area contributed by atoms with E-state index in [1.165, 1.54) is 26.6 Å². The number of carbonyl (C=O) groups excluding carboxylic acids is 2. The number of furan rings is 1. The van der Waals surface area contributed by atoms with Crippen LogP contribution >= 0.6 is 0 Å². The van der Waals surface area contributed by atoms with E-state index in [1.807, 2.05) is 0 Å². The quantitative estimate of drug-likeness (QED) is 0.460. The van der Waals surface area contributed by atoms with E-state index in [-0.39, 0.29) is 5.57 Å². The van der Waals surface area contributed by atoms with Gasteiger partial charge in [-0.3, -0.25) is 4.79 Å². The molecule has 1 N–H and O–H groups in total. The van der Waals surface area contributed by atoms with Gasteiger partial charge in [0.15, 0.2) is 6.61 Å². The number of nitrogens with one attached hydrogen (secondary N) is 1. The van der Waals surface area contributed by atoms with Crippen molar-refractivity contribution in [3.8, 4) is 17.6 Å². The molecule has 8 nitrogen and oxygen atoms in total. The number of benzene rings is 1. The maximum Gasteiger partial charge on any atom is 0.349 e. The standard InChI is InChI=1S/C18H16N2O6/c1-23-13-5-6-15(16(9-13)24-2)20-17(21)11-26-18(22)12(10-19)8-14-4-3-7-25-14/h3-9H,11H2,1-2H3,(H,20,21)/b12-8+. The van der Waals surface area contributed by atoms with Gasteiger partial charge < -0.3 is 23.9 Å². The summed E-state index contributed by atoms with van der Waals surface area (Å²) in [6, 6.07) is 9.73. The van der Waals surface area contributed by atoms with E-state index in [0.717, 1.165) is 0 Å². The molecule has 0 bridgehead atoms. The lowest BCUT2D eigenvalue weighted by molar-refractivity contribution is -0.142. The predicted octanol–water partition coefficient (Wildman–Crippen LogP) is 2.39. The largest absolute Gasteiger partial charge is 0.497 e. The van der Waals surface area contributed by atoms with Crippen molar-refractivity contribution in [2.45, 2.75) is 0 Å². The van der Waals surface area contributed by atoms with Crippen LogP contribution in [0.1, 0.15) is 5.76 Å². The third kappa shape index (κ3) is 4.88. The minimum absolute atomic E-state index is 0.283. The number of anilines is 1. The van der Waals surface area contributed by atoms with Crippen molar-refractivity contribution in [2.75, 3.05) is 26.1 Å². The molecule has 1 heterocycles. The van der Waals surface area contributed by atoms with Crippen molar-refractivity contribution in [1.29, 1.82) is 5.26 Å². The average Bonchev–Trinajstić information content (AvgIpc) is 3.17. The van der Waals surface area contributed by atoms with Gasteiger partial charge in [-0.05, 0) is 24.3 Å². The van der Waals surface area contributed by atoms with Crippen LogP contribution in [0.15, 0.2) is 46.6 Å². The first kappa shape index (κ1) is 18.6. The summed E-state index contributed by atoms with van der Waals surface area (Å²) in [6.45, 7) is -0.564. The summed E-state index contributed by atoms with van der Waals surface area (Å²) in [7, 11) is 2.96. The monoisotopic (exact) mass is 356 g/mol. The van der Waals surface area contributed by atoms with Crippen LogP contribution in [0.25, 0.3) is 6.08 Å². The van der Waals surface area contributed by atoms with Crippen molar-refractivity contribution in [1.82, 2.24) is 0 Å². The Hall–Kier alpha value is -3.73. The maximum absolute atomic E-state index is 12.0. The first-order valence-electron chi connectivity index (χ1n) is 7.41. The molecule has 0 aliphatic carbocycles. The zero-order chi connectivity index (χ0) is 18.9. The number of carbonyl (C=O) groups is 2. The van der Waals surface area contributed by atoms with Crippen molar-refractivity contribution in [2.24, 2.45) is 0 Å². The lowest BCUT2D eigenvalue weighted by Crippen LogP contribution is -2.21. The topological polar surface area (TPSA) is 111 Å². The summed E-state index contributed by atoms with van der Waals surface area (Å²) in [6.07, 6.45) is 2.63. The van der Waals surface area contributed by atoms with Gasteiger partial charge in [0.25, 0.3) is 5.91 Å². The fourth-order valence-corrected chi connectivity index (χ4v) is 1.95. The van der Waals surface area contributed by atoms with Gasteiger partial charge in [0.05, 0.1) is 26.2 Å². The van der Waals surface area contributed by atoms with Crippen molar-refractivity contribution < 1.29 is 28.2 Å². The summed E-state index contributed by atoms with van der Waals surface area (Å²) in [5, 5.41) is 11.6. The summed E-state index contributed by atoms with van der Waals surface area (Å²) in [4.78, 5) is 23.9. The third-order valence-electron chi connectivity index (χ3n) is 3.19. The number of methoxy groups -OCH3 is 2. The van der Waals surface area contributed by atoms with Crippen LogP contribution in [0, 0.1) is 11.3 Å². The average molecular weight is 356 g/mol. The maximum atomic E-state index is 12.0. The van der Waals surface area contributed by atoms with Crippen LogP contribution in [0.3, 0.4) is 0 Å². The Bertz CT molecular complexity index is 849. The molecule has 134 valence electrons. The first-order valence-corrected chi connectivity index (χ1v) is 7.41. The van der Waals surface area contributed by atoms with Gasteiger partial charge in [-0.15, -0.1) is 0 Å². The Labute approximate surface area is 149 Å². The number of hydrogen-bond donors (Lipinski definition) is 1. The SMILES string of the molecule is COc1ccc(NC(=O)COC(=O)/C(C#N)=C/c2ccco2)c(OC)c1. The van der Waals surface area contributed by atoms with Crippen LogP contribution in [0.2, 0.25) is 0 Å². The highest BCUT2D eigenvalue weighted by Gasteiger charge is 2.15. The molecule has 2 aromatic rings. The lowest BCUT2D eigenvalue weighted by atomic mass is 10.2. The number of nitriles is 1. The number of nitrogens with zero attached hydrogens (tertiary/aromatic N) is 1. The van der Waals surface area contributed by atoms with Crippen LogP contribution < -0.4 is 14.8 Å². The second kappa shape index (κ2) is 8.94. The van der Waals surface area contributed by atoms with Crippen LogP contribution in [0.5, 0.6) is 11.5 Å². The van der Waals surface area contributed by atoms with E-state index in [1.54, 1.807) is 36.4 Å². The van der Waals surface area contributed by atoms with E-state index in [9.17, 15) is 9.59 Å². The molecule has 0 radical (unpaired) electrons. The molecule has 0 unspecified atom stereocenters. The van der Waals surface area contributed by atoms with E-state index < -0.39 is 18.5 Å². The van der Waals surface area contributed by atoms with Gasteiger partial charge in [-0.2, -0.15) is 5.26 Å². The summed E-state index contributed by atoms with van der Waals surface area (Å²) >= 11 is 0. The molecule has 0 atom stereocenters. The van der Waals surface area contributed by atoms with Gasteiger partial charge in [0.2, 0.25) is 0 Å². The Morgan fingerprint density at radius 1 is 1.27 bits per heavy atom. The number of ether oxygens (including phenoxy) is 3. The highest BCUT2D eigenvalue weighted by Crippen LogP contribution is 2.28. The number of amides is 1. The Morgan fingerprint density at radius 2 is 2.08 bits per heavy atom. The molecule has 1 amide bonds. The minimum Gasteiger partial charge on any atom is -0.497 e. The fraction of sp³-hybridized carbons (Fsp3) is 0.167. The number of rotatable bonds is 7. The molecule has 0 saturated carbocycles. The molecule has 0 fully saturated rings. The molecule has 26 heavy (non-hydrogen) atoms. The fourth-order valence-electron chi connectivity index (χ4n) is 1.95. The third-order valence-corrected chi connectivity index (χ3v) is 3.19.